The predicted molar refractivity (Wildman–Crippen MR) is 62.7 cm³/mol. The third kappa shape index (κ3) is 2.96. The van der Waals surface area contributed by atoms with Gasteiger partial charge < -0.3 is 9.80 Å². The zero-order chi connectivity index (χ0) is 12.1. The Bertz CT molecular complexity index is 284. The fourth-order valence-corrected chi connectivity index (χ4v) is 2.20. The van der Waals surface area contributed by atoms with E-state index in [0.717, 1.165) is 19.5 Å². The average Bonchev–Trinajstić information content (AvgIpc) is 2.66. The highest BCUT2D eigenvalue weighted by Crippen LogP contribution is 2.16. The highest BCUT2D eigenvalue weighted by molar-refractivity contribution is 5.80. The molecule has 0 aliphatic carbocycles. The van der Waals surface area contributed by atoms with Crippen LogP contribution in [0.1, 0.15) is 26.2 Å². The molecule has 1 aliphatic rings. The van der Waals surface area contributed by atoms with Gasteiger partial charge >= 0.3 is 0 Å². The summed E-state index contributed by atoms with van der Waals surface area (Å²) in [6.45, 7) is 3.73. The summed E-state index contributed by atoms with van der Waals surface area (Å²) in [6, 6.07) is 2.53. The second kappa shape index (κ2) is 5.86. The lowest BCUT2D eigenvalue weighted by Crippen LogP contribution is -2.41. The van der Waals surface area contributed by atoms with Gasteiger partial charge in [-0.3, -0.25) is 4.79 Å². The van der Waals surface area contributed by atoms with Crippen LogP contribution in [0.5, 0.6) is 0 Å². The van der Waals surface area contributed by atoms with Gasteiger partial charge in [-0.05, 0) is 32.9 Å². The number of likely N-dealkylation sites (N-methyl/N-ethyl adjacent to an activating group) is 2. The van der Waals surface area contributed by atoms with Crippen molar-refractivity contribution in [2.24, 2.45) is 5.92 Å². The van der Waals surface area contributed by atoms with Gasteiger partial charge in [0.25, 0.3) is 0 Å². The number of rotatable bonds is 4. The van der Waals surface area contributed by atoms with Gasteiger partial charge in [0.15, 0.2) is 0 Å². The summed E-state index contributed by atoms with van der Waals surface area (Å²) in [4.78, 5) is 15.9. The summed E-state index contributed by atoms with van der Waals surface area (Å²) < 4.78 is 0. The Hall–Kier alpha value is -1.08. The first-order valence-electron chi connectivity index (χ1n) is 5.95. The van der Waals surface area contributed by atoms with Crippen LogP contribution >= 0.6 is 0 Å². The van der Waals surface area contributed by atoms with E-state index in [9.17, 15) is 4.79 Å². The van der Waals surface area contributed by atoms with Crippen molar-refractivity contribution in [1.29, 1.82) is 5.26 Å². The van der Waals surface area contributed by atoms with Crippen LogP contribution in [0.4, 0.5) is 0 Å². The number of carbonyl (C=O) groups is 1. The van der Waals surface area contributed by atoms with Crippen LogP contribution in [0, 0.1) is 17.2 Å². The van der Waals surface area contributed by atoms with E-state index >= 15 is 0 Å². The SMILES string of the molecule is CCC(C#N)C(=O)N(C)CC1CCCN1C. The summed E-state index contributed by atoms with van der Waals surface area (Å²) in [5, 5.41) is 8.85. The number of carbonyl (C=O) groups excluding carboxylic acids is 1. The van der Waals surface area contributed by atoms with Crippen molar-refractivity contribution in [3.05, 3.63) is 0 Å². The molecule has 0 aromatic heterocycles. The van der Waals surface area contributed by atoms with Crippen molar-refractivity contribution < 1.29 is 4.79 Å². The minimum Gasteiger partial charge on any atom is -0.343 e. The van der Waals surface area contributed by atoms with E-state index in [1.807, 2.05) is 6.92 Å². The first-order valence-corrected chi connectivity index (χ1v) is 5.95. The molecule has 1 saturated heterocycles. The Labute approximate surface area is 97.8 Å². The molecule has 1 aliphatic heterocycles. The Balaban J connectivity index is 2.48. The van der Waals surface area contributed by atoms with Crippen LogP contribution in [0.3, 0.4) is 0 Å². The van der Waals surface area contributed by atoms with Gasteiger partial charge in [0.2, 0.25) is 5.91 Å². The Morgan fingerprint density at radius 1 is 1.69 bits per heavy atom. The maximum Gasteiger partial charge on any atom is 0.239 e. The molecule has 0 aromatic rings. The van der Waals surface area contributed by atoms with Crippen molar-refractivity contribution in [2.45, 2.75) is 32.2 Å². The van der Waals surface area contributed by atoms with Gasteiger partial charge in [-0.15, -0.1) is 0 Å². The van der Waals surface area contributed by atoms with Gasteiger partial charge in [0.1, 0.15) is 5.92 Å². The van der Waals surface area contributed by atoms with E-state index in [2.05, 4.69) is 18.0 Å². The van der Waals surface area contributed by atoms with Gasteiger partial charge in [0, 0.05) is 19.6 Å². The quantitative estimate of drug-likeness (QED) is 0.716. The van der Waals surface area contributed by atoms with Gasteiger partial charge in [-0.25, -0.2) is 0 Å². The molecule has 0 bridgehead atoms. The predicted octanol–water partition coefficient (Wildman–Crippen LogP) is 1.09. The highest BCUT2D eigenvalue weighted by Gasteiger charge is 2.26. The number of hydrogen-bond donors (Lipinski definition) is 0. The summed E-state index contributed by atoms with van der Waals surface area (Å²) in [5.41, 5.74) is 0. The molecule has 1 rings (SSSR count). The van der Waals surface area contributed by atoms with Crippen molar-refractivity contribution >= 4 is 5.91 Å². The van der Waals surface area contributed by atoms with E-state index in [4.69, 9.17) is 5.26 Å². The maximum absolute atomic E-state index is 11.9. The van der Waals surface area contributed by atoms with Crippen LogP contribution in [0.2, 0.25) is 0 Å². The summed E-state index contributed by atoms with van der Waals surface area (Å²) in [6.07, 6.45) is 2.95. The zero-order valence-corrected chi connectivity index (χ0v) is 10.4. The van der Waals surface area contributed by atoms with Crippen LogP contribution in [-0.4, -0.2) is 48.9 Å². The number of hydrogen-bond acceptors (Lipinski definition) is 3. The van der Waals surface area contributed by atoms with Gasteiger partial charge in [-0.1, -0.05) is 6.92 Å². The Kier molecular flexibility index (Phi) is 4.75. The second-order valence-corrected chi connectivity index (χ2v) is 4.59. The molecule has 0 N–H and O–H groups in total. The van der Waals surface area contributed by atoms with Crippen molar-refractivity contribution in [1.82, 2.24) is 9.80 Å². The standard InChI is InChI=1S/C12H21N3O/c1-4-10(8-13)12(16)15(3)9-11-6-5-7-14(11)2/h10-11H,4-7,9H2,1-3H3. The molecule has 90 valence electrons. The third-order valence-corrected chi connectivity index (χ3v) is 3.39. The molecular formula is C12H21N3O. The molecule has 1 amide bonds. The molecule has 0 aromatic carbocycles. The first-order chi connectivity index (χ1) is 7.60. The van der Waals surface area contributed by atoms with Crippen LogP contribution in [-0.2, 0) is 4.79 Å². The lowest BCUT2D eigenvalue weighted by atomic mass is 10.1. The zero-order valence-electron chi connectivity index (χ0n) is 10.4. The molecule has 2 unspecified atom stereocenters. The molecule has 4 nitrogen and oxygen atoms in total. The maximum atomic E-state index is 11.9. The van der Waals surface area contributed by atoms with Crippen LogP contribution < -0.4 is 0 Å². The van der Waals surface area contributed by atoms with E-state index in [1.54, 1.807) is 11.9 Å². The van der Waals surface area contributed by atoms with Crippen LogP contribution in [0.25, 0.3) is 0 Å². The molecule has 1 heterocycles. The summed E-state index contributed by atoms with van der Waals surface area (Å²) in [7, 11) is 3.89. The van der Waals surface area contributed by atoms with Crippen LogP contribution in [0.15, 0.2) is 0 Å². The van der Waals surface area contributed by atoms with Crippen molar-refractivity contribution in [3.63, 3.8) is 0 Å². The molecule has 2 atom stereocenters. The van der Waals surface area contributed by atoms with Gasteiger partial charge in [-0.2, -0.15) is 5.26 Å². The lowest BCUT2D eigenvalue weighted by Gasteiger charge is -2.26. The number of amides is 1. The minimum atomic E-state index is -0.475. The number of nitriles is 1. The molecule has 4 heteroatoms. The fraction of sp³-hybridized carbons (Fsp3) is 0.833. The topological polar surface area (TPSA) is 47.3 Å². The molecule has 0 saturated carbocycles. The summed E-state index contributed by atoms with van der Waals surface area (Å²) >= 11 is 0. The van der Waals surface area contributed by atoms with E-state index in [1.165, 1.54) is 6.42 Å². The smallest absolute Gasteiger partial charge is 0.239 e. The monoisotopic (exact) mass is 223 g/mol. The molecule has 0 spiro atoms. The van der Waals surface area contributed by atoms with Crippen molar-refractivity contribution in [2.75, 3.05) is 27.2 Å². The van der Waals surface area contributed by atoms with E-state index in [0.29, 0.717) is 12.5 Å². The molecule has 1 fully saturated rings. The number of likely N-dealkylation sites (tertiary alicyclic amines) is 1. The fourth-order valence-electron chi connectivity index (χ4n) is 2.20. The Morgan fingerprint density at radius 3 is 2.81 bits per heavy atom. The molecule has 16 heavy (non-hydrogen) atoms. The van der Waals surface area contributed by atoms with E-state index < -0.39 is 5.92 Å². The lowest BCUT2D eigenvalue weighted by molar-refractivity contribution is -0.133. The largest absolute Gasteiger partial charge is 0.343 e. The summed E-state index contributed by atoms with van der Waals surface area (Å²) in [5.74, 6) is -0.512. The highest BCUT2D eigenvalue weighted by atomic mass is 16.2. The van der Waals surface area contributed by atoms with Crippen molar-refractivity contribution in [3.8, 4) is 6.07 Å². The second-order valence-electron chi connectivity index (χ2n) is 4.59. The number of nitrogens with zero attached hydrogens (tertiary/aromatic N) is 3. The van der Waals surface area contributed by atoms with E-state index in [-0.39, 0.29) is 5.91 Å². The average molecular weight is 223 g/mol. The minimum absolute atomic E-state index is 0.0368. The first kappa shape index (κ1) is 13.0. The molecule has 0 radical (unpaired) electrons. The third-order valence-electron chi connectivity index (χ3n) is 3.39. The molecular weight excluding hydrogens is 202 g/mol. The Morgan fingerprint density at radius 2 is 2.38 bits per heavy atom. The van der Waals surface area contributed by atoms with Gasteiger partial charge in [0.05, 0.1) is 6.07 Å². The normalized spacial score (nSPS) is 22.8.